The van der Waals surface area contributed by atoms with Crippen molar-refractivity contribution < 1.29 is 9.90 Å². The third-order valence-electron chi connectivity index (χ3n) is 3.93. The van der Waals surface area contributed by atoms with Crippen LogP contribution in [0.15, 0.2) is 73.2 Å². The van der Waals surface area contributed by atoms with E-state index >= 15 is 0 Å². The highest BCUT2D eigenvalue weighted by Gasteiger charge is 2.14. The predicted molar refractivity (Wildman–Crippen MR) is 94.8 cm³/mol. The van der Waals surface area contributed by atoms with Crippen molar-refractivity contribution in [2.24, 2.45) is 0 Å². The molecule has 0 fully saturated rings. The first-order valence-electron chi connectivity index (χ1n) is 7.85. The standard InChI is InChI=1S/C19H13N5O2/c25-19(26)17-12-22-23-24(17)14-8-6-13(7-9-14)15-4-1-2-5-16(15)18-20-10-3-11-21-18/h1-12H,(H,25,26). The molecule has 4 rings (SSSR count). The van der Waals surface area contributed by atoms with Crippen LogP contribution in [0.25, 0.3) is 28.2 Å². The zero-order chi connectivity index (χ0) is 17.9. The van der Waals surface area contributed by atoms with Crippen molar-refractivity contribution in [1.29, 1.82) is 0 Å². The highest BCUT2D eigenvalue weighted by Crippen LogP contribution is 2.30. The number of hydrogen-bond donors (Lipinski definition) is 1. The van der Waals surface area contributed by atoms with Gasteiger partial charge in [0.15, 0.2) is 11.5 Å². The molecule has 4 aromatic rings. The molecular formula is C19H13N5O2. The Bertz CT molecular complexity index is 1060. The van der Waals surface area contributed by atoms with E-state index in [-0.39, 0.29) is 5.69 Å². The second-order valence-electron chi connectivity index (χ2n) is 5.50. The van der Waals surface area contributed by atoms with Crippen LogP contribution in [0.1, 0.15) is 10.5 Å². The number of benzene rings is 2. The van der Waals surface area contributed by atoms with Crippen LogP contribution >= 0.6 is 0 Å². The van der Waals surface area contributed by atoms with Gasteiger partial charge in [-0.1, -0.05) is 41.6 Å². The van der Waals surface area contributed by atoms with Gasteiger partial charge in [-0.25, -0.2) is 19.4 Å². The summed E-state index contributed by atoms with van der Waals surface area (Å²) < 4.78 is 1.29. The van der Waals surface area contributed by atoms with Gasteiger partial charge in [0.2, 0.25) is 0 Å². The van der Waals surface area contributed by atoms with Crippen molar-refractivity contribution in [3.05, 3.63) is 78.9 Å². The second kappa shape index (κ2) is 6.56. The van der Waals surface area contributed by atoms with Crippen molar-refractivity contribution in [3.8, 4) is 28.2 Å². The van der Waals surface area contributed by atoms with Crippen molar-refractivity contribution in [2.45, 2.75) is 0 Å². The molecular weight excluding hydrogens is 330 g/mol. The van der Waals surface area contributed by atoms with Gasteiger partial charge < -0.3 is 5.11 Å². The Morgan fingerprint density at radius 1 is 0.885 bits per heavy atom. The van der Waals surface area contributed by atoms with E-state index in [9.17, 15) is 9.90 Å². The first-order chi connectivity index (χ1) is 12.7. The minimum atomic E-state index is -1.08. The highest BCUT2D eigenvalue weighted by molar-refractivity contribution is 5.86. The monoisotopic (exact) mass is 343 g/mol. The van der Waals surface area contributed by atoms with E-state index in [1.807, 2.05) is 36.4 Å². The molecule has 2 aromatic heterocycles. The molecule has 0 aliphatic heterocycles. The number of hydrogen-bond acceptors (Lipinski definition) is 5. The van der Waals surface area contributed by atoms with Crippen LogP contribution in [-0.4, -0.2) is 36.0 Å². The minimum Gasteiger partial charge on any atom is -0.476 e. The molecule has 0 amide bonds. The van der Waals surface area contributed by atoms with Crippen LogP contribution in [0.3, 0.4) is 0 Å². The number of aromatic nitrogens is 5. The quantitative estimate of drug-likeness (QED) is 0.612. The van der Waals surface area contributed by atoms with Crippen molar-refractivity contribution in [3.63, 3.8) is 0 Å². The fourth-order valence-corrected chi connectivity index (χ4v) is 2.72. The molecule has 0 aliphatic carbocycles. The van der Waals surface area contributed by atoms with Gasteiger partial charge in [-0.15, -0.1) is 5.10 Å². The van der Waals surface area contributed by atoms with E-state index in [1.54, 1.807) is 30.6 Å². The van der Waals surface area contributed by atoms with Crippen LogP contribution in [-0.2, 0) is 0 Å². The Morgan fingerprint density at radius 3 is 2.27 bits per heavy atom. The van der Waals surface area contributed by atoms with Crippen LogP contribution < -0.4 is 0 Å². The van der Waals surface area contributed by atoms with E-state index in [2.05, 4.69) is 20.3 Å². The van der Waals surface area contributed by atoms with Crippen LogP contribution in [0, 0.1) is 0 Å². The summed E-state index contributed by atoms with van der Waals surface area (Å²) in [6.45, 7) is 0. The Balaban J connectivity index is 1.75. The lowest BCUT2D eigenvalue weighted by molar-refractivity contribution is 0.0687. The number of aromatic carboxylic acids is 1. The van der Waals surface area contributed by atoms with Crippen LogP contribution in [0.4, 0.5) is 0 Å². The lowest BCUT2D eigenvalue weighted by Gasteiger charge is -2.10. The SMILES string of the molecule is O=C(O)c1cnnn1-c1ccc(-c2ccccc2-c2ncccn2)cc1. The number of rotatable bonds is 4. The first kappa shape index (κ1) is 15.6. The van der Waals surface area contributed by atoms with E-state index in [0.29, 0.717) is 11.5 Å². The number of carboxylic acids is 1. The molecule has 0 aliphatic rings. The normalized spacial score (nSPS) is 10.6. The zero-order valence-corrected chi connectivity index (χ0v) is 13.5. The molecule has 0 saturated heterocycles. The average molecular weight is 343 g/mol. The lowest BCUT2D eigenvalue weighted by atomic mass is 9.99. The van der Waals surface area contributed by atoms with E-state index in [4.69, 9.17) is 0 Å². The number of carboxylic acid groups (broad SMARTS) is 1. The number of nitrogens with zero attached hydrogens (tertiary/aromatic N) is 5. The number of carbonyl (C=O) groups is 1. The largest absolute Gasteiger partial charge is 0.476 e. The summed E-state index contributed by atoms with van der Waals surface area (Å²) >= 11 is 0. The van der Waals surface area contributed by atoms with Crippen molar-refractivity contribution in [1.82, 2.24) is 25.0 Å². The van der Waals surface area contributed by atoms with Crippen molar-refractivity contribution >= 4 is 5.97 Å². The highest BCUT2D eigenvalue weighted by atomic mass is 16.4. The van der Waals surface area contributed by atoms with Gasteiger partial charge in [0, 0.05) is 18.0 Å². The van der Waals surface area contributed by atoms with Gasteiger partial charge in [0.1, 0.15) is 0 Å². The summed E-state index contributed by atoms with van der Waals surface area (Å²) in [6.07, 6.45) is 4.64. The molecule has 1 N–H and O–H groups in total. The molecule has 0 spiro atoms. The maximum atomic E-state index is 11.2. The maximum absolute atomic E-state index is 11.2. The van der Waals surface area contributed by atoms with Gasteiger partial charge in [-0.2, -0.15) is 0 Å². The Kier molecular flexibility index (Phi) is 3.95. The molecule has 0 bridgehead atoms. The van der Waals surface area contributed by atoms with Gasteiger partial charge in [-0.3, -0.25) is 0 Å². The van der Waals surface area contributed by atoms with E-state index < -0.39 is 5.97 Å². The summed E-state index contributed by atoms with van der Waals surface area (Å²) in [5.74, 6) is -0.428. The topological polar surface area (TPSA) is 93.8 Å². The lowest BCUT2D eigenvalue weighted by Crippen LogP contribution is -2.07. The summed E-state index contributed by atoms with van der Waals surface area (Å²) in [5, 5.41) is 16.7. The van der Waals surface area contributed by atoms with Crippen LogP contribution in [0.2, 0.25) is 0 Å². The predicted octanol–water partition coefficient (Wildman–Crippen LogP) is 3.09. The molecule has 7 heteroatoms. The summed E-state index contributed by atoms with van der Waals surface area (Å²) in [4.78, 5) is 19.9. The molecule has 2 aromatic carbocycles. The molecule has 26 heavy (non-hydrogen) atoms. The molecule has 2 heterocycles. The van der Waals surface area contributed by atoms with Gasteiger partial charge in [0.05, 0.1) is 11.9 Å². The van der Waals surface area contributed by atoms with E-state index in [0.717, 1.165) is 16.7 Å². The Hall–Kier alpha value is -3.87. The van der Waals surface area contributed by atoms with E-state index in [1.165, 1.54) is 10.9 Å². The minimum absolute atomic E-state index is 0.0100. The maximum Gasteiger partial charge on any atom is 0.356 e. The molecule has 7 nitrogen and oxygen atoms in total. The molecule has 0 unspecified atom stereocenters. The smallest absolute Gasteiger partial charge is 0.356 e. The first-order valence-corrected chi connectivity index (χ1v) is 7.85. The fourth-order valence-electron chi connectivity index (χ4n) is 2.72. The summed E-state index contributed by atoms with van der Waals surface area (Å²) in [5.41, 5.74) is 3.51. The Labute approximate surface area is 148 Å². The fraction of sp³-hybridized carbons (Fsp3) is 0. The molecule has 0 radical (unpaired) electrons. The van der Waals surface area contributed by atoms with Gasteiger partial charge in [-0.05, 0) is 29.3 Å². The summed E-state index contributed by atoms with van der Waals surface area (Å²) in [7, 11) is 0. The second-order valence-corrected chi connectivity index (χ2v) is 5.50. The third kappa shape index (κ3) is 2.82. The van der Waals surface area contributed by atoms with Crippen molar-refractivity contribution in [2.75, 3.05) is 0 Å². The summed E-state index contributed by atoms with van der Waals surface area (Å²) in [6, 6.07) is 17.1. The zero-order valence-electron chi connectivity index (χ0n) is 13.5. The molecule has 0 saturated carbocycles. The van der Waals surface area contributed by atoms with Crippen LogP contribution in [0.5, 0.6) is 0 Å². The third-order valence-corrected chi connectivity index (χ3v) is 3.93. The molecule has 0 atom stereocenters. The Morgan fingerprint density at radius 2 is 1.58 bits per heavy atom. The van der Waals surface area contributed by atoms with Gasteiger partial charge in [0.25, 0.3) is 0 Å². The van der Waals surface area contributed by atoms with Gasteiger partial charge >= 0.3 is 5.97 Å². The average Bonchev–Trinajstić information content (AvgIpc) is 3.19. The molecule has 126 valence electrons.